The van der Waals surface area contributed by atoms with Crippen molar-refractivity contribution in [2.24, 2.45) is 0 Å². The number of methoxy groups -OCH3 is 1. The zero-order valence-corrected chi connectivity index (χ0v) is 21.7. The predicted octanol–water partition coefficient (Wildman–Crippen LogP) is 2.70. The Morgan fingerprint density at radius 3 is 2.19 bits per heavy atom. The number of nitrogens with zero attached hydrogens (tertiary/aromatic N) is 2. The van der Waals surface area contributed by atoms with Gasteiger partial charge in [0.1, 0.15) is 11.8 Å². The van der Waals surface area contributed by atoms with Crippen LogP contribution in [0.3, 0.4) is 0 Å². The smallest absolute Gasteiger partial charge is 0.244 e. The fourth-order valence-electron chi connectivity index (χ4n) is 4.08. The summed E-state index contributed by atoms with van der Waals surface area (Å²) in [5, 5.41) is 2.71. The summed E-state index contributed by atoms with van der Waals surface area (Å²) in [6, 6.07) is 18.4. The number of ether oxygens (including phenoxy) is 1. The van der Waals surface area contributed by atoms with Gasteiger partial charge in [-0.2, -0.15) is 4.31 Å². The van der Waals surface area contributed by atoms with Crippen LogP contribution in [0.15, 0.2) is 82.6 Å². The highest BCUT2D eigenvalue weighted by molar-refractivity contribution is 7.89. The van der Waals surface area contributed by atoms with Crippen LogP contribution in [0, 0.1) is 0 Å². The number of benzene rings is 3. The first-order chi connectivity index (χ1) is 17.1. The second-order valence-corrected chi connectivity index (χ2v) is 12.5. The van der Waals surface area contributed by atoms with Crippen LogP contribution in [-0.4, -0.2) is 58.6 Å². The van der Waals surface area contributed by atoms with Gasteiger partial charge in [-0.05, 0) is 47.9 Å². The molecule has 1 unspecified atom stereocenters. The van der Waals surface area contributed by atoms with E-state index in [4.69, 9.17) is 4.74 Å². The topological polar surface area (TPSA) is 113 Å². The van der Waals surface area contributed by atoms with E-state index >= 15 is 0 Å². The minimum Gasteiger partial charge on any atom is -0.495 e. The van der Waals surface area contributed by atoms with Crippen LogP contribution < -0.4 is 10.1 Å². The van der Waals surface area contributed by atoms with E-state index < -0.39 is 32.0 Å². The van der Waals surface area contributed by atoms with Crippen molar-refractivity contribution in [3.05, 3.63) is 83.9 Å². The van der Waals surface area contributed by atoms with Crippen molar-refractivity contribution in [3.63, 3.8) is 0 Å². The monoisotopic (exact) mass is 529 g/mol. The van der Waals surface area contributed by atoms with E-state index in [1.165, 1.54) is 55.8 Å². The molecule has 190 valence electrons. The van der Waals surface area contributed by atoms with E-state index in [-0.39, 0.29) is 34.2 Å². The zero-order valence-electron chi connectivity index (χ0n) is 20.1. The molecular formula is C25H27N3O6S2. The minimum absolute atomic E-state index is 0.0255. The van der Waals surface area contributed by atoms with Crippen molar-refractivity contribution < 1.29 is 26.4 Å². The molecule has 1 atom stereocenters. The van der Waals surface area contributed by atoms with Gasteiger partial charge in [0.25, 0.3) is 0 Å². The molecule has 0 bridgehead atoms. The lowest BCUT2D eigenvalue weighted by Gasteiger charge is -2.35. The van der Waals surface area contributed by atoms with Crippen molar-refractivity contribution in [1.29, 1.82) is 0 Å². The van der Waals surface area contributed by atoms with E-state index in [2.05, 4.69) is 5.32 Å². The Kier molecular flexibility index (Phi) is 7.19. The van der Waals surface area contributed by atoms with Crippen LogP contribution in [-0.2, 0) is 37.8 Å². The molecule has 0 aliphatic carbocycles. The summed E-state index contributed by atoms with van der Waals surface area (Å²) < 4.78 is 60.0. The van der Waals surface area contributed by atoms with Crippen LogP contribution >= 0.6 is 0 Å². The van der Waals surface area contributed by atoms with Gasteiger partial charge in [-0.3, -0.25) is 4.79 Å². The second-order valence-electron chi connectivity index (χ2n) is 8.49. The number of carbonyl (C=O) groups is 1. The van der Waals surface area contributed by atoms with Gasteiger partial charge in [0, 0.05) is 20.6 Å². The molecule has 0 spiro atoms. The van der Waals surface area contributed by atoms with Crippen molar-refractivity contribution in [2.45, 2.75) is 28.8 Å². The van der Waals surface area contributed by atoms with Gasteiger partial charge in [0.2, 0.25) is 26.0 Å². The number of amides is 1. The van der Waals surface area contributed by atoms with E-state index in [0.717, 1.165) is 15.4 Å². The molecule has 1 aliphatic rings. The fourth-order valence-corrected chi connectivity index (χ4v) is 6.59. The summed E-state index contributed by atoms with van der Waals surface area (Å²) in [4.78, 5) is 13.6. The number of fused-ring (bicyclic) bond motifs is 1. The third-order valence-corrected chi connectivity index (χ3v) is 9.75. The molecule has 9 nitrogen and oxygen atoms in total. The molecule has 0 radical (unpaired) electrons. The highest BCUT2D eigenvalue weighted by atomic mass is 32.2. The first-order valence-corrected chi connectivity index (χ1v) is 14.0. The maximum Gasteiger partial charge on any atom is 0.244 e. The quantitative estimate of drug-likeness (QED) is 0.504. The molecule has 3 aromatic rings. The molecule has 0 saturated heterocycles. The second kappa shape index (κ2) is 10.0. The third kappa shape index (κ3) is 4.87. The van der Waals surface area contributed by atoms with Crippen molar-refractivity contribution in [1.82, 2.24) is 8.61 Å². The first-order valence-electron chi connectivity index (χ1n) is 11.1. The molecule has 1 aliphatic heterocycles. The Labute approximate surface area is 211 Å². The molecular weight excluding hydrogens is 502 g/mol. The van der Waals surface area contributed by atoms with Gasteiger partial charge in [-0.25, -0.2) is 21.1 Å². The zero-order chi connectivity index (χ0) is 26.1. The number of sulfonamides is 2. The lowest BCUT2D eigenvalue weighted by atomic mass is 9.95. The number of rotatable bonds is 7. The van der Waals surface area contributed by atoms with Crippen LogP contribution in [0.5, 0.6) is 5.75 Å². The summed E-state index contributed by atoms with van der Waals surface area (Å²) in [7, 11) is -3.58. The van der Waals surface area contributed by atoms with E-state index in [1.807, 2.05) is 24.3 Å². The van der Waals surface area contributed by atoms with Gasteiger partial charge in [-0.15, -0.1) is 0 Å². The van der Waals surface area contributed by atoms with E-state index in [1.54, 1.807) is 18.2 Å². The summed E-state index contributed by atoms with van der Waals surface area (Å²) in [5.74, 6) is -0.351. The lowest BCUT2D eigenvalue weighted by Crippen LogP contribution is -2.50. The largest absolute Gasteiger partial charge is 0.495 e. The van der Waals surface area contributed by atoms with Crippen molar-refractivity contribution >= 4 is 31.6 Å². The van der Waals surface area contributed by atoms with Gasteiger partial charge >= 0.3 is 0 Å². The Balaban J connectivity index is 1.74. The van der Waals surface area contributed by atoms with Crippen LogP contribution in [0.25, 0.3) is 0 Å². The summed E-state index contributed by atoms with van der Waals surface area (Å²) in [6.45, 7) is 0.0255. The highest BCUT2D eigenvalue weighted by Crippen LogP contribution is 2.32. The Morgan fingerprint density at radius 1 is 0.917 bits per heavy atom. The Morgan fingerprint density at radius 2 is 1.56 bits per heavy atom. The Hall–Kier alpha value is -3.25. The summed E-state index contributed by atoms with van der Waals surface area (Å²) in [5.41, 5.74) is 1.81. The number of hydrogen-bond acceptors (Lipinski definition) is 6. The maximum atomic E-state index is 13.6. The van der Waals surface area contributed by atoms with E-state index in [9.17, 15) is 21.6 Å². The molecule has 0 fully saturated rings. The fraction of sp³-hybridized carbons (Fsp3) is 0.240. The highest BCUT2D eigenvalue weighted by Gasteiger charge is 2.40. The summed E-state index contributed by atoms with van der Waals surface area (Å²) >= 11 is 0. The summed E-state index contributed by atoms with van der Waals surface area (Å²) in [6.07, 6.45) is 0.159. The first kappa shape index (κ1) is 25.8. The van der Waals surface area contributed by atoms with E-state index in [0.29, 0.717) is 0 Å². The number of anilines is 1. The number of carbonyl (C=O) groups excluding carboxylic acids is 1. The van der Waals surface area contributed by atoms with Gasteiger partial charge in [-0.1, -0.05) is 42.5 Å². The Bertz CT molecular complexity index is 1490. The van der Waals surface area contributed by atoms with Crippen LogP contribution in [0.4, 0.5) is 5.69 Å². The number of hydrogen-bond donors (Lipinski definition) is 1. The molecule has 0 aromatic heterocycles. The maximum absolute atomic E-state index is 13.6. The molecule has 0 saturated carbocycles. The van der Waals surface area contributed by atoms with Gasteiger partial charge in [0.15, 0.2) is 0 Å². The minimum atomic E-state index is -4.01. The molecule has 4 rings (SSSR count). The predicted molar refractivity (Wildman–Crippen MR) is 136 cm³/mol. The van der Waals surface area contributed by atoms with Crippen molar-refractivity contribution in [2.75, 3.05) is 26.5 Å². The van der Waals surface area contributed by atoms with Crippen LogP contribution in [0.1, 0.15) is 11.1 Å². The van der Waals surface area contributed by atoms with Gasteiger partial charge < -0.3 is 10.1 Å². The molecule has 1 amide bonds. The molecule has 36 heavy (non-hydrogen) atoms. The SMILES string of the molecule is COc1ccc(S(=O)(=O)N(C)C)cc1NC(=O)C1Cc2ccccc2CN1S(=O)(=O)c1ccccc1. The normalized spacial score (nSPS) is 16.4. The molecule has 1 N–H and O–H groups in total. The van der Waals surface area contributed by atoms with Gasteiger partial charge in [0.05, 0.1) is 22.6 Å². The van der Waals surface area contributed by atoms with Crippen LogP contribution in [0.2, 0.25) is 0 Å². The average molecular weight is 530 g/mol. The van der Waals surface area contributed by atoms with Crippen molar-refractivity contribution in [3.8, 4) is 5.75 Å². The standard InChI is InChI=1S/C25H27N3O6S2/c1-27(2)35(30,31)21-13-14-24(34-3)22(16-21)26-25(29)23-15-18-9-7-8-10-19(18)17-28(23)36(32,33)20-11-5-4-6-12-20/h4-14,16,23H,15,17H2,1-3H3,(H,26,29). The molecule has 11 heteroatoms. The lowest BCUT2D eigenvalue weighted by molar-refractivity contribution is -0.120. The molecule has 1 heterocycles. The molecule has 3 aromatic carbocycles. The average Bonchev–Trinajstić information content (AvgIpc) is 2.88. The number of nitrogens with one attached hydrogen (secondary N) is 1. The third-order valence-electron chi connectivity index (χ3n) is 6.07.